The fraction of sp³-hybridized carbons (Fsp3) is 0.533. The lowest BCUT2D eigenvalue weighted by Crippen LogP contribution is -2.48. The number of carbonyl (C=O) groups excluding carboxylic acids is 1. The molecule has 7 heteroatoms. The third-order valence-corrected chi connectivity index (χ3v) is 4.64. The number of hydrogen-bond donors (Lipinski definition) is 2. The summed E-state index contributed by atoms with van der Waals surface area (Å²) in [6.07, 6.45) is 4.43. The monoisotopic (exact) mass is 364 g/mol. The van der Waals surface area contributed by atoms with E-state index in [9.17, 15) is 4.79 Å². The number of benzene rings is 1. The molecule has 122 valence electrons. The van der Waals surface area contributed by atoms with Gasteiger partial charge in [-0.15, -0.1) is 12.4 Å². The van der Waals surface area contributed by atoms with Crippen LogP contribution in [0.1, 0.15) is 25.7 Å². The summed E-state index contributed by atoms with van der Waals surface area (Å²) in [6.45, 7) is -0.0423. The summed E-state index contributed by atoms with van der Waals surface area (Å²) in [4.78, 5) is 12.0. The minimum absolute atomic E-state index is 0. The number of amides is 1. The second-order valence-electron chi connectivity index (χ2n) is 5.74. The van der Waals surface area contributed by atoms with Crippen molar-refractivity contribution in [3.63, 3.8) is 0 Å². The van der Waals surface area contributed by atoms with E-state index in [1.165, 1.54) is 12.8 Å². The van der Waals surface area contributed by atoms with Gasteiger partial charge in [-0.05, 0) is 37.8 Å². The second-order valence-corrected chi connectivity index (χ2v) is 6.58. The average Bonchev–Trinajstić information content (AvgIpc) is 2.79. The van der Waals surface area contributed by atoms with Gasteiger partial charge in [-0.1, -0.05) is 23.2 Å². The van der Waals surface area contributed by atoms with E-state index in [-0.39, 0.29) is 31.0 Å². The molecule has 2 N–H and O–H groups in total. The Balaban J connectivity index is 0.00000176. The van der Waals surface area contributed by atoms with Gasteiger partial charge in [-0.2, -0.15) is 0 Å². The van der Waals surface area contributed by atoms with E-state index < -0.39 is 0 Å². The average molecular weight is 366 g/mol. The number of piperidine rings is 1. The smallest absolute Gasteiger partial charge is 0.258 e. The predicted molar refractivity (Wildman–Crippen MR) is 90.3 cm³/mol. The molecular formula is C15H19Cl3N2O2. The Bertz CT molecular complexity index is 530. The first-order valence-corrected chi connectivity index (χ1v) is 7.99. The van der Waals surface area contributed by atoms with Gasteiger partial charge in [0.05, 0.1) is 5.02 Å². The van der Waals surface area contributed by atoms with Crippen LogP contribution in [0.4, 0.5) is 0 Å². The van der Waals surface area contributed by atoms with Gasteiger partial charge in [0, 0.05) is 29.2 Å². The van der Waals surface area contributed by atoms with Gasteiger partial charge < -0.3 is 15.4 Å². The van der Waals surface area contributed by atoms with Gasteiger partial charge in [-0.25, -0.2) is 0 Å². The molecule has 2 atom stereocenters. The number of rotatable bonds is 4. The fourth-order valence-corrected chi connectivity index (χ4v) is 3.51. The van der Waals surface area contributed by atoms with Crippen molar-refractivity contribution < 1.29 is 9.53 Å². The van der Waals surface area contributed by atoms with E-state index in [2.05, 4.69) is 10.6 Å². The van der Waals surface area contributed by atoms with Gasteiger partial charge in [0.25, 0.3) is 5.91 Å². The Morgan fingerprint density at radius 3 is 2.64 bits per heavy atom. The van der Waals surface area contributed by atoms with E-state index in [1.807, 2.05) is 0 Å². The summed E-state index contributed by atoms with van der Waals surface area (Å²) in [5.74, 6) is 0.321. The number of carbonyl (C=O) groups is 1. The van der Waals surface area contributed by atoms with Crippen LogP contribution in [-0.2, 0) is 4.79 Å². The predicted octanol–water partition coefficient (Wildman–Crippen LogP) is 3.19. The zero-order valence-corrected chi connectivity index (χ0v) is 14.3. The maximum absolute atomic E-state index is 12.0. The van der Waals surface area contributed by atoms with E-state index in [4.69, 9.17) is 27.9 Å². The first-order chi connectivity index (χ1) is 10.1. The molecule has 2 bridgehead atoms. The lowest BCUT2D eigenvalue weighted by molar-refractivity contribution is -0.124. The molecule has 22 heavy (non-hydrogen) atoms. The third-order valence-electron chi connectivity index (χ3n) is 4.09. The van der Waals surface area contributed by atoms with Crippen molar-refractivity contribution in [1.29, 1.82) is 0 Å². The van der Waals surface area contributed by atoms with Gasteiger partial charge in [0.15, 0.2) is 6.61 Å². The van der Waals surface area contributed by atoms with Crippen LogP contribution in [0.5, 0.6) is 5.75 Å². The van der Waals surface area contributed by atoms with Crippen LogP contribution in [0, 0.1) is 0 Å². The lowest BCUT2D eigenvalue weighted by atomic mass is 10.00. The Labute approximate surface area is 146 Å². The van der Waals surface area contributed by atoms with Gasteiger partial charge in [0.2, 0.25) is 0 Å². The van der Waals surface area contributed by atoms with E-state index >= 15 is 0 Å². The number of fused-ring (bicyclic) bond motifs is 2. The van der Waals surface area contributed by atoms with Gasteiger partial charge in [-0.3, -0.25) is 4.79 Å². The molecule has 1 aromatic carbocycles. The SMILES string of the molecule is Cl.O=C(COc1cc(Cl)ccc1Cl)NC1CC2CCC(C1)N2. The van der Waals surface area contributed by atoms with Crippen molar-refractivity contribution in [3.05, 3.63) is 28.2 Å². The molecule has 2 fully saturated rings. The molecule has 0 saturated carbocycles. The number of hydrogen-bond acceptors (Lipinski definition) is 3. The maximum atomic E-state index is 12.0. The van der Waals surface area contributed by atoms with Crippen LogP contribution < -0.4 is 15.4 Å². The Morgan fingerprint density at radius 1 is 1.27 bits per heavy atom. The van der Waals surface area contributed by atoms with Crippen LogP contribution in [0.2, 0.25) is 10.0 Å². The van der Waals surface area contributed by atoms with Crippen molar-refractivity contribution in [1.82, 2.24) is 10.6 Å². The summed E-state index contributed by atoms with van der Waals surface area (Å²) >= 11 is 11.9. The van der Waals surface area contributed by atoms with Crippen LogP contribution in [0.25, 0.3) is 0 Å². The van der Waals surface area contributed by atoms with Crippen molar-refractivity contribution >= 4 is 41.5 Å². The van der Waals surface area contributed by atoms with Crippen LogP contribution in [0.3, 0.4) is 0 Å². The number of ether oxygens (including phenoxy) is 1. The van der Waals surface area contributed by atoms with Crippen LogP contribution in [0.15, 0.2) is 18.2 Å². The zero-order valence-electron chi connectivity index (χ0n) is 12.0. The topological polar surface area (TPSA) is 50.4 Å². The summed E-state index contributed by atoms with van der Waals surface area (Å²) in [5, 5.41) is 7.58. The Kier molecular flexibility index (Phi) is 6.21. The highest BCUT2D eigenvalue weighted by atomic mass is 35.5. The van der Waals surface area contributed by atoms with Crippen LogP contribution in [-0.4, -0.2) is 30.6 Å². The molecule has 2 unspecified atom stereocenters. The number of nitrogens with one attached hydrogen (secondary N) is 2. The molecular weight excluding hydrogens is 347 g/mol. The molecule has 0 aromatic heterocycles. The summed E-state index contributed by atoms with van der Waals surface area (Å²) in [6, 6.07) is 6.30. The normalized spacial score (nSPS) is 26.2. The van der Waals surface area contributed by atoms with Gasteiger partial charge >= 0.3 is 0 Å². The standard InChI is InChI=1S/C15H18Cl2N2O2.ClH/c16-9-1-4-13(17)14(5-9)21-8-15(20)19-12-6-10-2-3-11(7-12)18-10;/h1,4-5,10-12,18H,2-3,6-8H2,(H,19,20);1H. The molecule has 0 spiro atoms. The molecule has 1 amide bonds. The van der Waals surface area contributed by atoms with Crippen LogP contribution >= 0.6 is 35.6 Å². The first-order valence-electron chi connectivity index (χ1n) is 7.23. The summed E-state index contributed by atoms with van der Waals surface area (Å²) in [5.41, 5.74) is 0. The highest BCUT2D eigenvalue weighted by Crippen LogP contribution is 2.28. The molecule has 2 aliphatic heterocycles. The minimum Gasteiger partial charge on any atom is -0.482 e. The third kappa shape index (κ3) is 4.42. The molecule has 2 aliphatic rings. The van der Waals surface area contributed by atoms with E-state index in [1.54, 1.807) is 18.2 Å². The molecule has 0 aliphatic carbocycles. The number of halogens is 3. The van der Waals surface area contributed by atoms with Crippen molar-refractivity contribution in [2.24, 2.45) is 0 Å². The van der Waals surface area contributed by atoms with E-state index in [0.717, 1.165) is 12.8 Å². The second kappa shape index (κ2) is 7.73. The largest absolute Gasteiger partial charge is 0.482 e. The van der Waals surface area contributed by atoms with E-state index in [0.29, 0.717) is 27.9 Å². The van der Waals surface area contributed by atoms with Gasteiger partial charge in [0.1, 0.15) is 5.75 Å². The summed E-state index contributed by atoms with van der Waals surface area (Å²) in [7, 11) is 0. The highest BCUT2D eigenvalue weighted by Gasteiger charge is 2.33. The minimum atomic E-state index is -0.114. The van der Waals surface area contributed by atoms with Crippen molar-refractivity contribution in [2.75, 3.05) is 6.61 Å². The Hall–Kier alpha value is -0.680. The molecule has 2 heterocycles. The van der Waals surface area contributed by atoms with Crippen molar-refractivity contribution in [3.8, 4) is 5.75 Å². The van der Waals surface area contributed by atoms with Crippen molar-refractivity contribution in [2.45, 2.75) is 43.8 Å². The zero-order chi connectivity index (χ0) is 14.8. The molecule has 4 nitrogen and oxygen atoms in total. The highest BCUT2D eigenvalue weighted by molar-refractivity contribution is 6.34. The first kappa shape index (κ1) is 17.7. The molecule has 0 radical (unpaired) electrons. The lowest BCUT2D eigenvalue weighted by Gasteiger charge is -2.29. The summed E-state index contributed by atoms with van der Waals surface area (Å²) < 4.78 is 5.45. The Morgan fingerprint density at radius 2 is 1.95 bits per heavy atom. The maximum Gasteiger partial charge on any atom is 0.258 e. The molecule has 1 aromatic rings. The molecule has 2 saturated heterocycles. The fourth-order valence-electron chi connectivity index (χ4n) is 3.18. The quantitative estimate of drug-likeness (QED) is 0.861. The molecule has 3 rings (SSSR count).